The number of hydrogen-bond acceptors (Lipinski definition) is 3. The number of phenols is 1. The Morgan fingerprint density at radius 1 is 1.18 bits per heavy atom. The van der Waals surface area contributed by atoms with Crippen LogP contribution < -0.4 is 5.32 Å². The molecule has 1 fully saturated rings. The van der Waals surface area contributed by atoms with E-state index < -0.39 is 0 Å². The fourth-order valence-electron chi connectivity index (χ4n) is 3.84. The van der Waals surface area contributed by atoms with Crippen LogP contribution in [0.15, 0.2) is 42.5 Å². The molecule has 2 aliphatic rings. The standard InChI is InChI=1S/C19H21NO2/c1-12-7-8-17-16(10-12)19-15(6-3-9-22-19)18(20-17)13-4-2-5-14(21)11-13/h2,4-5,7-8,10-11,15,18-21H,3,6,9H2,1H3. The molecule has 0 aromatic heterocycles. The van der Waals surface area contributed by atoms with Crippen molar-refractivity contribution in [3.63, 3.8) is 0 Å². The van der Waals surface area contributed by atoms with Crippen LogP contribution in [-0.2, 0) is 4.74 Å². The molecule has 0 aliphatic carbocycles. The zero-order valence-corrected chi connectivity index (χ0v) is 12.8. The van der Waals surface area contributed by atoms with E-state index in [9.17, 15) is 5.11 Å². The van der Waals surface area contributed by atoms with Crippen molar-refractivity contribution in [3.8, 4) is 5.75 Å². The number of ether oxygens (including phenoxy) is 1. The second-order valence-electron chi connectivity index (χ2n) is 6.41. The number of fused-ring (bicyclic) bond motifs is 3. The molecule has 2 heterocycles. The number of benzene rings is 2. The van der Waals surface area contributed by atoms with Crippen molar-refractivity contribution in [3.05, 3.63) is 59.2 Å². The highest BCUT2D eigenvalue weighted by molar-refractivity contribution is 5.58. The number of nitrogens with one attached hydrogen (secondary N) is 1. The average Bonchev–Trinajstić information content (AvgIpc) is 2.54. The largest absolute Gasteiger partial charge is 0.508 e. The molecule has 2 N–H and O–H groups in total. The van der Waals surface area contributed by atoms with E-state index in [-0.39, 0.29) is 12.1 Å². The normalized spacial score (nSPS) is 26.7. The molecule has 2 aromatic carbocycles. The molecule has 22 heavy (non-hydrogen) atoms. The van der Waals surface area contributed by atoms with Gasteiger partial charge in [-0.25, -0.2) is 0 Å². The van der Waals surface area contributed by atoms with E-state index in [1.165, 1.54) is 11.1 Å². The molecule has 3 unspecified atom stereocenters. The Morgan fingerprint density at radius 3 is 2.95 bits per heavy atom. The van der Waals surface area contributed by atoms with Gasteiger partial charge in [-0.15, -0.1) is 0 Å². The zero-order chi connectivity index (χ0) is 15.1. The van der Waals surface area contributed by atoms with Crippen LogP contribution in [0.3, 0.4) is 0 Å². The molecule has 114 valence electrons. The number of aryl methyl sites for hydroxylation is 1. The van der Waals surface area contributed by atoms with E-state index in [4.69, 9.17) is 4.74 Å². The lowest BCUT2D eigenvalue weighted by atomic mass is 9.77. The minimum Gasteiger partial charge on any atom is -0.508 e. The van der Waals surface area contributed by atoms with Crippen molar-refractivity contribution < 1.29 is 9.84 Å². The number of hydrogen-bond donors (Lipinski definition) is 2. The second kappa shape index (κ2) is 5.33. The lowest BCUT2D eigenvalue weighted by Crippen LogP contribution is -2.36. The van der Waals surface area contributed by atoms with Gasteiger partial charge in [-0.05, 0) is 43.5 Å². The maximum atomic E-state index is 9.81. The minimum atomic E-state index is 0.150. The van der Waals surface area contributed by atoms with E-state index in [0.717, 1.165) is 30.7 Å². The monoisotopic (exact) mass is 295 g/mol. The Kier molecular flexibility index (Phi) is 3.30. The first-order valence-electron chi connectivity index (χ1n) is 8.00. The molecule has 0 amide bonds. The van der Waals surface area contributed by atoms with Crippen LogP contribution in [0, 0.1) is 12.8 Å². The molecule has 0 bridgehead atoms. The van der Waals surface area contributed by atoms with Gasteiger partial charge in [0.25, 0.3) is 0 Å². The summed E-state index contributed by atoms with van der Waals surface area (Å²) >= 11 is 0. The SMILES string of the molecule is Cc1ccc2c(c1)C1OCCCC1C(c1cccc(O)c1)N2. The van der Waals surface area contributed by atoms with Crippen LogP contribution in [-0.4, -0.2) is 11.7 Å². The average molecular weight is 295 g/mol. The molecule has 0 saturated carbocycles. The van der Waals surface area contributed by atoms with Gasteiger partial charge in [0.1, 0.15) is 5.75 Å². The molecule has 2 aromatic rings. The van der Waals surface area contributed by atoms with Crippen LogP contribution in [0.1, 0.15) is 41.7 Å². The summed E-state index contributed by atoms with van der Waals surface area (Å²) in [5, 5.41) is 13.5. The summed E-state index contributed by atoms with van der Waals surface area (Å²) in [6.07, 6.45) is 2.39. The molecule has 0 radical (unpaired) electrons. The van der Waals surface area contributed by atoms with E-state index in [0.29, 0.717) is 11.7 Å². The summed E-state index contributed by atoms with van der Waals surface area (Å²) in [5.74, 6) is 0.729. The van der Waals surface area contributed by atoms with Gasteiger partial charge < -0.3 is 15.2 Å². The Hall–Kier alpha value is -2.00. The Balaban J connectivity index is 1.79. The van der Waals surface area contributed by atoms with Gasteiger partial charge in [-0.1, -0.05) is 29.8 Å². The number of anilines is 1. The topological polar surface area (TPSA) is 41.5 Å². The summed E-state index contributed by atoms with van der Waals surface area (Å²) in [7, 11) is 0. The van der Waals surface area contributed by atoms with Crippen molar-refractivity contribution in [1.82, 2.24) is 0 Å². The second-order valence-corrected chi connectivity index (χ2v) is 6.41. The van der Waals surface area contributed by atoms with Crippen LogP contribution in [0.25, 0.3) is 0 Å². The first-order valence-corrected chi connectivity index (χ1v) is 8.00. The van der Waals surface area contributed by atoms with Crippen molar-refractivity contribution in [2.45, 2.75) is 31.9 Å². The van der Waals surface area contributed by atoms with Gasteiger partial charge in [0, 0.05) is 23.8 Å². The maximum absolute atomic E-state index is 9.81. The maximum Gasteiger partial charge on any atom is 0.115 e. The molecule has 3 nitrogen and oxygen atoms in total. The highest BCUT2D eigenvalue weighted by Gasteiger charge is 2.39. The fourth-order valence-corrected chi connectivity index (χ4v) is 3.84. The third-order valence-electron chi connectivity index (χ3n) is 4.85. The van der Waals surface area contributed by atoms with Gasteiger partial charge in [-0.2, -0.15) is 0 Å². The predicted octanol–water partition coefficient (Wildman–Crippen LogP) is 4.34. The number of rotatable bonds is 1. The van der Waals surface area contributed by atoms with Gasteiger partial charge in [-0.3, -0.25) is 0 Å². The minimum absolute atomic E-state index is 0.150. The lowest BCUT2D eigenvalue weighted by Gasteiger charge is -2.43. The molecular weight excluding hydrogens is 274 g/mol. The van der Waals surface area contributed by atoms with Gasteiger partial charge in [0.2, 0.25) is 0 Å². The smallest absolute Gasteiger partial charge is 0.115 e. The molecule has 1 saturated heterocycles. The summed E-state index contributed by atoms with van der Waals surface area (Å²) in [6.45, 7) is 2.96. The summed E-state index contributed by atoms with van der Waals surface area (Å²) in [5.41, 5.74) is 4.83. The van der Waals surface area contributed by atoms with Crippen molar-refractivity contribution in [2.75, 3.05) is 11.9 Å². The molecule has 0 spiro atoms. The molecule has 2 aliphatic heterocycles. The van der Waals surface area contributed by atoms with Crippen LogP contribution in [0.2, 0.25) is 0 Å². The van der Waals surface area contributed by atoms with E-state index in [1.807, 2.05) is 12.1 Å². The molecule has 3 heteroatoms. The summed E-state index contributed by atoms with van der Waals surface area (Å²) in [4.78, 5) is 0. The summed E-state index contributed by atoms with van der Waals surface area (Å²) < 4.78 is 6.14. The summed E-state index contributed by atoms with van der Waals surface area (Å²) in [6, 6.07) is 14.3. The quantitative estimate of drug-likeness (QED) is 0.822. The lowest BCUT2D eigenvalue weighted by molar-refractivity contribution is -0.0381. The molecular formula is C19H21NO2. The third-order valence-corrected chi connectivity index (χ3v) is 4.85. The first-order chi connectivity index (χ1) is 10.7. The van der Waals surface area contributed by atoms with Crippen molar-refractivity contribution >= 4 is 5.69 Å². The first kappa shape index (κ1) is 13.6. The fraction of sp³-hybridized carbons (Fsp3) is 0.368. The third kappa shape index (κ3) is 2.26. The van der Waals surface area contributed by atoms with Crippen LogP contribution in [0.5, 0.6) is 5.75 Å². The Bertz CT molecular complexity index is 698. The molecule has 4 rings (SSSR count). The van der Waals surface area contributed by atoms with Gasteiger partial charge in [0.15, 0.2) is 0 Å². The van der Waals surface area contributed by atoms with Gasteiger partial charge >= 0.3 is 0 Å². The van der Waals surface area contributed by atoms with E-state index in [1.54, 1.807) is 6.07 Å². The van der Waals surface area contributed by atoms with Gasteiger partial charge in [0.05, 0.1) is 12.1 Å². The highest BCUT2D eigenvalue weighted by atomic mass is 16.5. The molecule has 3 atom stereocenters. The number of aromatic hydroxyl groups is 1. The van der Waals surface area contributed by atoms with Crippen molar-refractivity contribution in [2.24, 2.45) is 5.92 Å². The predicted molar refractivity (Wildman–Crippen MR) is 87.1 cm³/mol. The van der Waals surface area contributed by atoms with E-state index >= 15 is 0 Å². The van der Waals surface area contributed by atoms with Crippen LogP contribution >= 0.6 is 0 Å². The zero-order valence-electron chi connectivity index (χ0n) is 12.8. The Morgan fingerprint density at radius 2 is 2.09 bits per heavy atom. The number of phenolic OH excluding ortho intramolecular Hbond substituents is 1. The Labute approximate surface area is 130 Å². The van der Waals surface area contributed by atoms with E-state index in [2.05, 4.69) is 36.5 Å². The van der Waals surface area contributed by atoms with Crippen LogP contribution in [0.4, 0.5) is 5.69 Å². The highest BCUT2D eigenvalue weighted by Crippen LogP contribution is 2.49. The van der Waals surface area contributed by atoms with Crippen molar-refractivity contribution in [1.29, 1.82) is 0 Å².